The van der Waals surface area contributed by atoms with Crippen LogP contribution in [-0.4, -0.2) is 54.0 Å². The molecular formula is C17H17FN4O4S. The number of carbonyl (C=O) groups is 2. The maximum atomic E-state index is 12.8. The monoisotopic (exact) mass is 392 g/mol. The van der Waals surface area contributed by atoms with Crippen molar-refractivity contribution in [3.8, 4) is 11.8 Å². The summed E-state index contributed by atoms with van der Waals surface area (Å²) in [6, 6.07) is 2.02. The Morgan fingerprint density at radius 1 is 1.33 bits per heavy atom. The smallest absolute Gasteiger partial charge is 0.322 e. The lowest BCUT2D eigenvalue weighted by Crippen LogP contribution is -2.52. The van der Waals surface area contributed by atoms with Crippen molar-refractivity contribution in [3.63, 3.8) is 0 Å². The first-order chi connectivity index (χ1) is 12.7. The van der Waals surface area contributed by atoms with Crippen molar-refractivity contribution in [2.75, 3.05) is 18.8 Å². The second-order valence-corrected chi connectivity index (χ2v) is 8.42. The number of amides is 3. The highest BCUT2D eigenvalue weighted by Gasteiger charge is 2.46. The van der Waals surface area contributed by atoms with Crippen LogP contribution in [0.1, 0.15) is 18.9 Å². The first kappa shape index (κ1) is 19.0. The molecular weight excluding hydrogens is 375 g/mol. The molecule has 8 nitrogen and oxygen atoms in total. The number of rotatable bonds is 3. The molecule has 0 spiro atoms. The Morgan fingerprint density at radius 3 is 2.67 bits per heavy atom. The second kappa shape index (κ2) is 7.09. The van der Waals surface area contributed by atoms with E-state index in [0.717, 1.165) is 5.57 Å². The van der Waals surface area contributed by atoms with E-state index in [1.165, 1.54) is 29.6 Å². The van der Waals surface area contributed by atoms with Crippen LogP contribution in [0, 0.1) is 17.8 Å². The molecule has 0 bridgehead atoms. The number of hydrogen-bond donors (Lipinski definition) is 2. The average molecular weight is 392 g/mol. The number of carbonyl (C=O) groups excluding carboxylic acids is 2. The molecule has 1 aromatic heterocycles. The molecule has 1 atom stereocenters. The van der Waals surface area contributed by atoms with Crippen molar-refractivity contribution in [2.24, 2.45) is 0 Å². The van der Waals surface area contributed by atoms with Crippen LogP contribution < -0.4 is 10.6 Å². The molecule has 142 valence electrons. The van der Waals surface area contributed by atoms with Gasteiger partial charge in [0.1, 0.15) is 5.54 Å². The molecule has 2 aliphatic heterocycles. The van der Waals surface area contributed by atoms with Crippen LogP contribution in [0.2, 0.25) is 0 Å². The molecule has 0 aromatic carbocycles. The lowest BCUT2D eigenvalue weighted by molar-refractivity contribution is -0.122. The number of imide groups is 1. The minimum absolute atomic E-state index is 0.125. The van der Waals surface area contributed by atoms with Crippen molar-refractivity contribution in [1.82, 2.24) is 19.9 Å². The molecule has 1 saturated heterocycles. The van der Waals surface area contributed by atoms with Gasteiger partial charge in [-0.15, -0.1) is 0 Å². The first-order valence-corrected chi connectivity index (χ1v) is 9.73. The zero-order valence-corrected chi connectivity index (χ0v) is 15.3. The molecule has 2 N–H and O–H groups in total. The third-order valence-corrected chi connectivity index (χ3v) is 6.31. The summed E-state index contributed by atoms with van der Waals surface area (Å²) in [7, 11) is -3.76. The number of aromatic nitrogens is 1. The van der Waals surface area contributed by atoms with Gasteiger partial charge in [-0.1, -0.05) is 17.9 Å². The molecule has 10 heteroatoms. The van der Waals surface area contributed by atoms with Crippen LogP contribution in [0.4, 0.5) is 9.18 Å². The van der Waals surface area contributed by atoms with Gasteiger partial charge in [-0.3, -0.25) is 10.1 Å². The minimum Gasteiger partial charge on any atom is -0.322 e. The Labute approximate surface area is 155 Å². The van der Waals surface area contributed by atoms with Gasteiger partial charge >= 0.3 is 6.03 Å². The van der Waals surface area contributed by atoms with Crippen molar-refractivity contribution < 1.29 is 22.4 Å². The predicted molar refractivity (Wildman–Crippen MR) is 94.2 cm³/mol. The van der Waals surface area contributed by atoms with Gasteiger partial charge < -0.3 is 5.32 Å². The molecule has 3 amide bonds. The highest BCUT2D eigenvalue weighted by atomic mass is 32.2. The van der Waals surface area contributed by atoms with Crippen molar-refractivity contribution in [3.05, 3.63) is 41.5 Å². The highest BCUT2D eigenvalue weighted by Crippen LogP contribution is 2.19. The van der Waals surface area contributed by atoms with Crippen LogP contribution in [0.5, 0.6) is 0 Å². The zero-order chi connectivity index (χ0) is 19.7. The maximum Gasteiger partial charge on any atom is 0.322 e. The molecule has 1 aromatic rings. The minimum atomic E-state index is -3.76. The van der Waals surface area contributed by atoms with E-state index < -0.39 is 39.2 Å². The van der Waals surface area contributed by atoms with Gasteiger partial charge in [0, 0.05) is 30.4 Å². The fourth-order valence-electron chi connectivity index (χ4n) is 2.76. The summed E-state index contributed by atoms with van der Waals surface area (Å²) >= 11 is 0. The van der Waals surface area contributed by atoms with E-state index in [4.69, 9.17) is 0 Å². The number of urea groups is 1. The van der Waals surface area contributed by atoms with Gasteiger partial charge in [-0.2, -0.15) is 8.70 Å². The average Bonchev–Trinajstić information content (AvgIpc) is 2.85. The van der Waals surface area contributed by atoms with E-state index >= 15 is 0 Å². The number of halogens is 1. The molecule has 1 fully saturated rings. The molecule has 3 rings (SSSR count). The van der Waals surface area contributed by atoms with E-state index in [1.54, 1.807) is 6.08 Å². The Balaban J connectivity index is 1.66. The van der Waals surface area contributed by atoms with Crippen molar-refractivity contribution in [2.45, 2.75) is 18.9 Å². The predicted octanol–water partition coefficient (Wildman–Crippen LogP) is 0.132. The molecule has 0 saturated carbocycles. The highest BCUT2D eigenvalue weighted by molar-refractivity contribution is 7.89. The van der Waals surface area contributed by atoms with Crippen LogP contribution >= 0.6 is 0 Å². The number of nitrogens with zero attached hydrogens (tertiary/aromatic N) is 2. The third-order valence-electron chi connectivity index (χ3n) is 4.25. The molecule has 0 aliphatic carbocycles. The summed E-state index contributed by atoms with van der Waals surface area (Å²) in [5, 5.41) is 4.40. The summed E-state index contributed by atoms with van der Waals surface area (Å²) in [6.07, 6.45) is 3.43. The van der Waals surface area contributed by atoms with Gasteiger partial charge in [0.15, 0.2) is 0 Å². The lowest BCUT2D eigenvalue weighted by atomic mass is 10.1. The Morgan fingerprint density at radius 2 is 2.11 bits per heavy atom. The quantitative estimate of drug-likeness (QED) is 0.432. The summed E-state index contributed by atoms with van der Waals surface area (Å²) in [6.45, 7) is 1.72. The first-order valence-electron chi connectivity index (χ1n) is 8.12. The van der Waals surface area contributed by atoms with Crippen LogP contribution in [-0.2, 0) is 14.8 Å². The normalized spacial score (nSPS) is 23.1. The van der Waals surface area contributed by atoms with E-state index in [9.17, 15) is 22.4 Å². The number of hydrogen-bond acceptors (Lipinski definition) is 5. The number of nitrogens with one attached hydrogen (secondary N) is 2. The summed E-state index contributed by atoms with van der Waals surface area (Å²) in [5.74, 6) is 4.02. The third kappa shape index (κ3) is 4.32. The van der Waals surface area contributed by atoms with Crippen LogP contribution in [0.3, 0.4) is 0 Å². The van der Waals surface area contributed by atoms with Gasteiger partial charge in [0.25, 0.3) is 5.91 Å². The fraction of sp³-hybridized carbons (Fsp3) is 0.353. The second-order valence-electron chi connectivity index (χ2n) is 6.45. The Kier molecular flexibility index (Phi) is 4.99. The molecule has 0 radical (unpaired) electrons. The largest absolute Gasteiger partial charge is 0.322 e. The van der Waals surface area contributed by atoms with E-state index in [1.807, 2.05) is 5.32 Å². The van der Waals surface area contributed by atoms with Crippen LogP contribution in [0.15, 0.2) is 30.0 Å². The van der Waals surface area contributed by atoms with Gasteiger partial charge in [-0.25, -0.2) is 18.2 Å². The van der Waals surface area contributed by atoms with E-state index in [-0.39, 0.29) is 13.1 Å². The van der Waals surface area contributed by atoms with E-state index in [0.29, 0.717) is 12.0 Å². The van der Waals surface area contributed by atoms with Crippen LogP contribution in [0.25, 0.3) is 0 Å². The molecule has 27 heavy (non-hydrogen) atoms. The van der Waals surface area contributed by atoms with Gasteiger partial charge in [-0.05, 0) is 25.5 Å². The van der Waals surface area contributed by atoms with Gasteiger partial charge in [0.05, 0.1) is 5.75 Å². The number of sulfonamides is 1. The Bertz CT molecular complexity index is 978. The molecule has 3 heterocycles. The van der Waals surface area contributed by atoms with Crippen molar-refractivity contribution >= 4 is 22.0 Å². The van der Waals surface area contributed by atoms with Crippen molar-refractivity contribution in [1.29, 1.82) is 0 Å². The van der Waals surface area contributed by atoms with E-state index in [2.05, 4.69) is 22.1 Å². The topological polar surface area (TPSA) is 108 Å². The maximum absolute atomic E-state index is 12.8. The SMILES string of the molecule is C[C@]1(CS(=O)(=O)N2CC=C(C#Cc3ccc(F)nc3)CC2)NC(=O)NC1=O. The summed E-state index contributed by atoms with van der Waals surface area (Å²) < 4.78 is 39.2. The number of pyridine rings is 1. The fourth-order valence-corrected chi connectivity index (χ4v) is 4.54. The zero-order valence-electron chi connectivity index (χ0n) is 14.5. The summed E-state index contributed by atoms with van der Waals surface area (Å²) in [4.78, 5) is 26.6. The molecule has 2 aliphatic rings. The lowest BCUT2D eigenvalue weighted by Gasteiger charge is -2.28. The molecule has 0 unspecified atom stereocenters. The standard InChI is InChI=1S/C17H17FN4O4S/c1-17(15(23)20-16(24)21-17)11-27(25,26)22-8-6-12(7-9-22)2-3-13-4-5-14(18)19-10-13/h4-6,10H,7-9,11H2,1H3,(H2,20,21,23,24)/t17-/m1/s1. The Hall–Kier alpha value is -2.77. The van der Waals surface area contributed by atoms with Gasteiger partial charge in [0.2, 0.25) is 16.0 Å². The summed E-state index contributed by atoms with van der Waals surface area (Å²) in [5.41, 5.74) is -0.165.